The number of nitrogens with zero attached hydrogens (tertiary/aromatic N) is 2. The number of piperidine rings is 1. The monoisotopic (exact) mass is 419 g/mol. The van der Waals surface area contributed by atoms with Gasteiger partial charge in [0.25, 0.3) is 5.91 Å². The summed E-state index contributed by atoms with van der Waals surface area (Å²) in [7, 11) is 0. The van der Waals surface area contributed by atoms with E-state index in [1.54, 1.807) is 17.2 Å². The summed E-state index contributed by atoms with van der Waals surface area (Å²) >= 11 is 1.30. The molecule has 1 saturated heterocycles. The molecule has 0 unspecified atom stereocenters. The first-order valence-corrected chi connectivity index (χ1v) is 10.2. The Kier molecular flexibility index (Phi) is 6.21. The van der Waals surface area contributed by atoms with Gasteiger partial charge in [0.1, 0.15) is 5.60 Å². The molecule has 0 spiro atoms. The highest BCUT2D eigenvalue weighted by Crippen LogP contribution is 2.26. The van der Waals surface area contributed by atoms with Gasteiger partial charge in [0.15, 0.2) is 0 Å². The Bertz CT molecular complexity index is 864. The quantitative estimate of drug-likeness (QED) is 0.661. The van der Waals surface area contributed by atoms with Crippen LogP contribution in [-0.2, 0) is 9.53 Å². The fourth-order valence-electron chi connectivity index (χ4n) is 2.93. The number of carbonyl (C=O) groups is 3. The second-order valence-electron chi connectivity index (χ2n) is 7.82. The zero-order chi connectivity index (χ0) is 21.0. The van der Waals surface area contributed by atoms with Crippen molar-refractivity contribution in [2.75, 3.05) is 13.1 Å². The number of hydrogen-bond acceptors (Lipinski definition) is 6. The molecule has 3 N–H and O–H groups in total. The highest BCUT2D eigenvalue weighted by atomic mass is 32.1. The average Bonchev–Trinajstić information content (AvgIpc) is 3.36. The summed E-state index contributed by atoms with van der Waals surface area (Å²) < 4.78 is 5.35. The number of hydrazine groups is 1. The number of thiophene rings is 1. The first-order chi connectivity index (χ1) is 13.7. The molecule has 0 saturated carbocycles. The molecule has 29 heavy (non-hydrogen) atoms. The molecular formula is C19H25N5O4S. The summed E-state index contributed by atoms with van der Waals surface area (Å²) in [5.41, 5.74) is 5.23. The van der Waals surface area contributed by atoms with Crippen LogP contribution in [0.5, 0.6) is 0 Å². The molecule has 0 radical (unpaired) electrons. The van der Waals surface area contributed by atoms with E-state index in [4.69, 9.17) is 4.74 Å². The molecule has 2 aromatic rings. The minimum absolute atomic E-state index is 0.257. The third-order valence-corrected chi connectivity index (χ3v) is 5.53. The van der Waals surface area contributed by atoms with E-state index in [9.17, 15) is 14.4 Å². The number of likely N-dealkylation sites (tertiary alicyclic amines) is 1. The van der Waals surface area contributed by atoms with E-state index in [1.165, 1.54) is 11.3 Å². The number of rotatable bonds is 3. The SMILES string of the molecule is CC(C)(C)OC(=O)N1CCC(C(=O)NNC(=O)c2ccc(-c3ccn[nH]3)s2)CC1. The Hall–Kier alpha value is -2.88. The molecular weight excluding hydrogens is 394 g/mol. The number of ether oxygens (including phenoxy) is 1. The molecule has 1 aliphatic rings. The normalized spacial score (nSPS) is 15.1. The molecule has 2 aromatic heterocycles. The predicted octanol–water partition coefficient (Wildman–Crippen LogP) is 2.55. The van der Waals surface area contributed by atoms with Crippen molar-refractivity contribution in [3.63, 3.8) is 0 Å². The molecule has 3 rings (SSSR count). The maximum atomic E-state index is 12.4. The summed E-state index contributed by atoms with van der Waals surface area (Å²) in [4.78, 5) is 39.7. The first kappa shape index (κ1) is 20.8. The Morgan fingerprint density at radius 2 is 1.90 bits per heavy atom. The largest absolute Gasteiger partial charge is 0.444 e. The van der Waals surface area contributed by atoms with E-state index in [-0.39, 0.29) is 23.8 Å². The van der Waals surface area contributed by atoms with E-state index in [2.05, 4.69) is 21.0 Å². The Labute approximate surface area is 172 Å². The van der Waals surface area contributed by atoms with E-state index >= 15 is 0 Å². The molecule has 0 aliphatic carbocycles. The van der Waals surface area contributed by atoms with Crippen LogP contribution in [0.1, 0.15) is 43.3 Å². The number of H-pyrrole nitrogens is 1. The molecule has 1 aliphatic heterocycles. The molecule has 9 nitrogen and oxygen atoms in total. The van der Waals surface area contributed by atoms with Gasteiger partial charge in [-0.05, 0) is 51.8 Å². The zero-order valence-corrected chi connectivity index (χ0v) is 17.5. The highest BCUT2D eigenvalue weighted by molar-refractivity contribution is 7.17. The van der Waals surface area contributed by atoms with Gasteiger partial charge in [-0.25, -0.2) is 4.79 Å². The third-order valence-electron chi connectivity index (χ3n) is 4.41. The van der Waals surface area contributed by atoms with Gasteiger partial charge in [0, 0.05) is 25.2 Å². The lowest BCUT2D eigenvalue weighted by Gasteiger charge is -2.32. The molecule has 10 heteroatoms. The van der Waals surface area contributed by atoms with Crippen molar-refractivity contribution in [2.45, 2.75) is 39.2 Å². The first-order valence-electron chi connectivity index (χ1n) is 9.40. The molecule has 0 aromatic carbocycles. The van der Waals surface area contributed by atoms with Crippen molar-refractivity contribution >= 4 is 29.2 Å². The van der Waals surface area contributed by atoms with Crippen molar-refractivity contribution in [2.24, 2.45) is 5.92 Å². The van der Waals surface area contributed by atoms with Gasteiger partial charge in [-0.3, -0.25) is 25.5 Å². The van der Waals surface area contributed by atoms with Gasteiger partial charge >= 0.3 is 6.09 Å². The van der Waals surface area contributed by atoms with Crippen LogP contribution in [0.3, 0.4) is 0 Å². The van der Waals surface area contributed by atoms with Crippen LogP contribution < -0.4 is 10.9 Å². The number of nitrogens with one attached hydrogen (secondary N) is 3. The Balaban J connectivity index is 1.44. The predicted molar refractivity (Wildman–Crippen MR) is 108 cm³/mol. The van der Waals surface area contributed by atoms with Crippen LogP contribution in [0.15, 0.2) is 24.4 Å². The van der Waals surface area contributed by atoms with Crippen molar-refractivity contribution in [1.29, 1.82) is 0 Å². The van der Waals surface area contributed by atoms with Gasteiger partial charge < -0.3 is 9.64 Å². The summed E-state index contributed by atoms with van der Waals surface area (Å²) in [5.74, 6) is -0.897. The van der Waals surface area contributed by atoms with Crippen molar-refractivity contribution in [3.05, 3.63) is 29.3 Å². The number of carbonyl (C=O) groups excluding carboxylic acids is 3. The average molecular weight is 420 g/mol. The van der Waals surface area contributed by atoms with Crippen LogP contribution in [0.4, 0.5) is 4.79 Å². The van der Waals surface area contributed by atoms with Crippen LogP contribution in [0.25, 0.3) is 10.6 Å². The van der Waals surface area contributed by atoms with Gasteiger partial charge in [-0.1, -0.05) is 0 Å². The van der Waals surface area contributed by atoms with Crippen LogP contribution >= 0.6 is 11.3 Å². The van der Waals surface area contributed by atoms with E-state index in [0.29, 0.717) is 30.8 Å². The smallest absolute Gasteiger partial charge is 0.410 e. The van der Waals surface area contributed by atoms with Gasteiger partial charge in [-0.2, -0.15) is 5.10 Å². The molecule has 0 bridgehead atoms. The van der Waals surface area contributed by atoms with Crippen molar-refractivity contribution < 1.29 is 19.1 Å². The van der Waals surface area contributed by atoms with Gasteiger partial charge in [0.2, 0.25) is 5.91 Å². The highest BCUT2D eigenvalue weighted by Gasteiger charge is 2.30. The lowest BCUT2D eigenvalue weighted by atomic mass is 9.96. The Morgan fingerprint density at radius 1 is 1.17 bits per heavy atom. The van der Waals surface area contributed by atoms with Crippen LogP contribution in [0.2, 0.25) is 0 Å². The summed E-state index contributed by atoms with van der Waals surface area (Å²) in [5, 5.41) is 6.73. The fraction of sp³-hybridized carbons (Fsp3) is 0.474. The summed E-state index contributed by atoms with van der Waals surface area (Å²) in [6.45, 7) is 6.34. The summed E-state index contributed by atoms with van der Waals surface area (Å²) in [6.07, 6.45) is 2.31. The molecule has 3 amide bonds. The molecule has 3 heterocycles. The summed E-state index contributed by atoms with van der Waals surface area (Å²) in [6, 6.07) is 5.34. The van der Waals surface area contributed by atoms with Crippen molar-refractivity contribution in [1.82, 2.24) is 25.9 Å². The minimum Gasteiger partial charge on any atom is -0.444 e. The minimum atomic E-state index is -0.547. The number of aromatic amines is 1. The molecule has 156 valence electrons. The van der Waals surface area contributed by atoms with E-state index in [1.807, 2.05) is 32.9 Å². The third kappa shape index (κ3) is 5.57. The lowest BCUT2D eigenvalue weighted by Crippen LogP contribution is -2.48. The second kappa shape index (κ2) is 8.64. The maximum absolute atomic E-state index is 12.4. The van der Waals surface area contributed by atoms with Crippen molar-refractivity contribution in [3.8, 4) is 10.6 Å². The van der Waals surface area contributed by atoms with E-state index < -0.39 is 5.60 Å². The fourth-order valence-corrected chi connectivity index (χ4v) is 3.81. The standard InChI is InChI=1S/C19H25N5O4S/c1-19(2,3)28-18(27)24-10-7-12(8-11-24)16(25)22-23-17(26)15-5-4-14(29-15)13-6-9-20-21-13/h4-6,9,12H,7-8,10-11H2,1-3H3,(H,20,21)(H,22,25)(H,23,26). The number of aromatic nitrogens is 2. The van der Waals surface area contributed by atoms with Gasteiger partial charge in [-0.15, -0.1) is 11.3 Å². The zero-order valence-electron chi connectivity index (χ0n) is 16.7. The van der Waals surface area contributed by atoms with E-state index in [0.717, 1.165) is 10.6 Å². The lowest BCUT2D eigenvalue weighted by molar-refractivity contribution is -0.127. The number of hydrogen-bond donors (Lipinski definition) is 3. The Morgan fingerprint density at radius 3 is 2.52 bits per heavy atom. The van der Waals surface area contributed by atoms with Crippen LogP contribution in [0, 0.1) is 5.92 Å². The topological polar surface area (TPSA) is 116 Å². The maximum Gasteiger partial charge on any atom is 0.410 e. The number of amides is 3. The second-order valence-corrected chi connectivity index (χ2v) is 8.90. The van der Waals surface area contributed by atoms with Gasteiger partial charge in [0.05, 0.1) is 15.4 Å². The molecule has 0 atom stereocenters. The molecule has 1 fully saturated rings. The van der Waals surface area contributed by atoms with Crippen LogP contribution in [-0.4, -0.2) is 51.7 Å².